The average Bonchev–Trinajstić information content (AvgIpc) is 3.08. The number of nitrogens with zero attached hydrogens (tertiary/aromatic N) is 2. The van der Waals surface area contributed by atoms with Gasteiger partial charge in [-0.15, -0.1) is 0 Å². The highest BCUT2D eigenvalue weighted by atomic mass is 32.2. The second-order valence-corrected chi connectivity index (χ2v) is 8.57. The maximum atomic E-state index is 13.9. The van der Waals surface area contributed by atoms with E-state index >= 15 is 0 Å². The second kappa shape index (κ2) is 9.99. The third-order valence-electron chi connectivity index (χ3n) is 4.62. The number of benzene rings is 2. The normalized spacial score (nSPS) is 12.7. The van der Waals surface area contributed by atoms with E-state index in [1.54, 1.807) is 0 Å². The number of amides is 1. The largest absolute Gasteiger partial charge is 0.382 e. The van der Waals surface area contributed by atoms with Crippen LogP contribution in [0.3, 0.4) is 0 Å². The van der Waals surface area contributed by atoms with Crippen LogP contribution in [-0.2, 0) is 26.1 Å². The number of aromatic nitrogens is 2. The van der Waals surface area contributed by atoms with E-state index in [1.165, 1.54) is 19.1 Å². The number of ether oxygens (including phenoxy) is 1. The first-order chi connectivity index (χ1) is 14.8. The smallest absolute Gasteiger partial charge is 0.244 e. The Hall–Kier alpha value is -2.82. The number of sulfonamides is 1. The first kappa shape index (κ1) is 22.9. The molecule has 0 saturated heterocycles. The van der Waals surface area contributed by atoms with E-state index in [0.29, 0.717) is 37.6 Å². The van der Waals surface area contributed by atoms with Crippen LogP contribution < -0.4 is 10.0 Å². The average molecular weight is 449 g/mol. The molecule has 1 heterocycles. The molecule has 0 aliphatic rings. The lowest BCUT2D eigenvalue weighted by Crippen LogP contribution is -2.42. The van der Waals surface area contributed by atoms with Crippen molar-refractivity contribution in [3.63, 3.8) is 0 Å². The molecule has 0 radical (unpaired) electrons. The molecular formula is C21H25FN4O4S. The number of nitrogens with one attached hydrogen (secondary N) is 2. The molecule has 166 valence electrons. The number of aryl methyl sites for hydroxylation is 1. The first-order valence-electron chi connectivity index (χ1n) is 9.94. The van der Waals surface area contributed by atoms with E-state index in [4.69, 9.17) is 4.74 Å². The van der Waals surface area contributed by atoms with Gasteiger partial charge in [0.1, 0.15) is 10.7 Å². The summed E-state index contributed by atoms with van der Waals surface area (Å²) in [6.07, 6.45) is 0.715. The molecule has 0 bridgehead atoms. The van der Waals surface area contributed by atoms with Gasteiger partial charge in [0.25, 0.3) is 0 Å². The fourth-order valence-corrected chi connectivity index (χ4v) is 4.38. The van der Waals surface area contributed by atoms with Crippen molar-refractivity contribution >= 4 is 32.9 Å². The highest BCUT2D eigenvalue weighted by Crippen LogP contribution is 2.20. The highest BCUT2D eigenvalue weighted by Gasteiger charge is 2.25. The minimum Gasteiger partial charge on any atom is -0.382 e. The number of para-hydroxylation sites is 2. The molecule has 0 unspecified atom stereocenters. The van der Waals surface area contributed by atoms with E-state index in [-0.39, 0.29) is 0 Å². The van der Waals surface area contributed by atoms with Gasteiger partial charge in [-0.05, 0) is 44.5 Å². The molecule has 10 heteroatoms. The van der Waals surface area contributed by atoms with Crippen LogP contribution in [0.2, 0.25) is 0 Å². The third kappa shape index (κ3) is 5.46. The molecule has 2 N–H and O–H groups in total. The Morgan fingerprint density at radius 3 is 2.65 bits per heavy atom. The van der Waals surface area contributed by atoms with Crippen LogP contribution in [0.1, 0.15) is 20.3 Å². The summed E-state index contributed by atoms with van der Waals surface area (Å²) in [6, 6.07) is 11.3. The van der Waals surface area contributed by atoms with Crippen LogP contribution in [0.25, 0.3) is 11.0 Å². The van der Waals surface area contributed by atoms with Crippen LogP contribution in [0.5, 0.6) is 0 Å². The van der Waals surface area contributed by atoms with Crippen LogP contribution in [-0.4, -0.2) is 43.1 Å². The zero-order valence-corrected chi connectivity index (χ0v) is 18.2. The summed E-state index contributed by atoms with van der Waals surface area (Å²) in [5.74, 6) is -1.19. The summed E-state index contributed by atoms with van der Waals surface area (Å²) >= 11 is 0. The Morgan fingerprint density at radius 1 is 1.19 bits per heavy atom. The predicted molar refractivity (Wildman–Crippen MR) is 116 cm³/mol. The molecule has 0 saturated carbocycles. The number of fused-ring (bicyclic) bond motifs is 1. The maximum absolute atomic E-state index is 13.9. The molecule has 1 aromatic heterocycles. The highest BCUT2D eigenvalue weighted by molar-refractivity contribution is 7.89. The van der Waals surface area contributed by atoms with Crippen molar-refractivity contribution in [2.75, 3.05) is 18.5 Å². The number of halogens is 1. The monoisotopic (exact) mass is 448 g/mol. The molecule has 3 aromatic rings. The van der Waals surface area contributed by atoms with E-state index < -0.39 is 32.7 Å². The van der Waals surface area contributed by atoms with E-state index in [1.807, 2.05) is 35.8 Å². The minimum atomic E-state index is -4.21. The number of carbonyl (C=O) groups excluding carboxylic acids is 1. The molecule has 0 spiro atoms. The van der Waals surface area contributed by atoms with E-state index in [9.17, 15) is 17.6 Å². The van der Waals surface area contributed by atoms with Crippen LogP contribution in [0, 0.1) is 5.82 Å². The molecule has 2 aromatic carbocycles. The summed E-state index contributed by atoms with van der Waals surface area (Å²) < 4.78 is 48.3. The quantitative estimate of drug-likeness (QED) is 0.465. The Balaban J connectivity index is 1.77. The second-order valence-electron chi connectivity index (χ2n) is 6.89. The van der Waals surface area contributed by atoms with Crippen LogP contribution in [0.15, 0.2) is 53.4 Å². The number of rotatable bonds is 10. The fraction of sp³-hybridized carbons (Fsp3) is 0.333. The number of imidazole rings is 1. The van der Waals surface area contributed by atoms with Gasteiger partial charge in [-0.2, -0.15) is 4.72 Å². The molecule has 0 aliphatic heterocycles. The van der Waals surface area contributed by atoms with Crippen LogP contribution in [0.4, 0.5) is 10.3 Å². The van der Waals surface area contributed by atoms with Crippen molar-refractivity contribution < 1.29 is 22.3 Å². The van der Waals surface area contributed by atoms with Gasteiger partial charge >= 0.3 is 0 Å². The Bertz CT molecular complexity index is 1160. The first-order valence-corrected chi connectivity index (χ1v) is 11.4. The van der Waals surface area contributed by atoms with Crippen molar-refractivity contribution in [1.29, 1.82) is 0 Å². The van der Waals surface area contributed by atoms with Gasteiger partial charge in [0.15, 0.2) is 0 Å². The number of anilines is 1. The van der Waals surface area contributed by atoms with Gasteiger partial charge in [-0.3, -0.25) is 10.1 Å². The van der Waals surface area contributed by atoms with Gasteiger partial charge in [-0.25, -0.2) is 17.8 Å². The van der Waals surface area contributed by atoms with Crippen molar-refractivity contribution in [3.05, 3.63) is 54.3 Å². The van der Waals surface area contributed by atoms with E-state index in [0.717, 1.165) is 17.6 Å². The van der Waals surface area contributed by atoms with E-state index in [2.05, 4.69) is 15.0 Å². The number of hydrogen-bond donors (Lipinski definition) is 2. The Morgan fingerprint density at radius 2 is 1.90 bits per heavy atom. The topological polar surface area (TPSA) is 102 Å². The SMILES string of the molecule is CCOCCCn1c(NC(=O)[C@H](C)NS(=O)(=O)c2ccccc2F)nc2ccccc21. The van der Waals surface area contributed by atoms with Gasteiger partial charge in [0, 0.05) is 19.8 Å². The molecule has 1 amide bonds. The van der Waals surface area contributed by atoms with Crippen molar-refractivity contribution in [1.82, 2.24) is 14.3 Å². The summed E-state index contributed by atoms with van der Waals surface area (Å²) in [4.78, 5) is 16.6. The molecule has 3 rings (SSSR count). The minimum absolute atomic E-state index is 0.305. The lowest BCUT2D eigenvalue weighted by atomic mass is 10.3. The zero-order valence-electron chi connectivity index (χ0n) is 17.3. The lowest BCUT2D eigenvalue weighted by molar-refractivity contribution is -0.117. The molecule has 0 aliphatic carbocycles. The molecule has 31 heavy (non-hydrogen) atoms. The van der Waals surface area contributed by atoms with Crippen molar-refractivity contribution in [2.45, 2.75) is 37.8 Å². The number of hydrogen-bond acceptors (Lipinski definition) is 5. The Labute approximate surface area is 180 Å². The van der Waals surface area contributed by atoms with Crippen molar-refractivity contribution in [3.8, 4) is 0 Å². The molecule has 0 fully saturated rings. The Kier molecular flexibility index (Phi) is 7.37. The number of carbonyl (C=O) groups is 1. The third-order valence-corrected chi connectivity index (χ3v) is 6.19. The van der Waals surface area contributed by atoms with Gasteiger partial charge in [0.05, 0.1) is 17.1 Å². The maximum Gasteiger partial charge on any atom is 0.244 e. The summed E-state index contributed by atoms with van der Waals surface area (Å²) in [5.41, 5.74) is 1.54. The van der Waals surface area contributed by atoms with Gasteiger partial charge in [0.2, 0.25) is 21.9 Å². The summed E-state index contributed by atoms with van der Waals surface area (Å²) in [6.45, 7) is 5.05. The van der Waals surface area contributed by atoms with Crippen LogP contribution >= 0.6 is 0 Å². The fourth-order valence-electron chi connectivity index (χ4n) is 3.10. The molecular weight excluding hydrogens is 423 g/mol. The van der Waals surface area contributed by atoms with Gasteiger partial charge in [-0.1, -0.05) is 24.3 Å². The molecule has 1 atom stereocenters. The zero-order chi connectivity index (χ0) is 22.4. The molecule has 8 nitrogen and oxygen atoms in total. The lowest BCUT2D eigenvalue weighted by Gasteiger charge is -2.15. The summed E-state index contributed by atoms with van der Waals surface area (Å²) in [5, 5.41) is 2.68. The van der Waals surface area contributed by atoms with Gasteiger partial charge < -0.3 is 9.30 Å². The predicted octanol–water partition coefficient (Wildman–Crippen LogP) is 2.91. The van der Waals surface area contributed by atoms with Crippen molar-refractivity contribution in [2.24, 2.45) is 0 Å². The standard InChI is InChI=1S/C21H25FN4O4S/c1-3-30-14-8-13-26-18-11-6-5-10-17(18)23-21(26)24-20(27)15(2)25-31(28,29)19-12-7-4-9-16(19)22/h4-7,9-12,15,25H,3,8,13-14H2,1-2H3,(H,23,24,27)/t15-/m0/s1. The summed E-state index contributed by atoms with van der Waals surface area (Å²) in [7, 11) is -4.21.